The summed E-state index contributed by atoms with van der Waals surface area (Å²) in [6.07, 6.45) is 0.303. The van der Waals surface area contributed by atoms with Crippen LogP contribution in [0.4, 0.5) is 9.59 Å². The maximum Gasteiger partial charge on any atom is 0.414 e. The van der Waals surface area contributed by atoms with Gasteiger partial charge in [-0.15, -0.1) is 0 Å². The monoisotopic (exact) mass is 1530 g/mol. The van der Waals surface area contributed by atoms with Crippen LogP contribution < -0.4 is 42.5 Å². The van der Waals surface area contributed by atoms with Gasteiger partial charge in [-0.25, -0.2) is 9.59 Å². The van der Waals surface area contributed by atoms with Crippen molar-refractivity contribution in [2.75, 3.05) is 39.6 Å². The molecule has 0 radical (unpaired) electrons. The van der Waals surface area contributed by atoms with Gasteiger partial charge in [-0.05, 0) is 112 Å². The molecule has 0 unspecified atom stereocenters. The first-order chi connectivity index (χ1) is 48.9. The Morgan fingerprint density at radius 2 is 0.559 bits per heavy atom. The number of halogens is 2. The number of rotatable bonds is 38. The summed E-state index contributed by atoms with van der Waals surface area (Å²) < 4.78 is 49.2. The zero-order chi connectivity index (χ0) is 73.3. The van der Waals surface area contributed by atoms with Crippen LogP contribution in [0.5, 0.6) is 0 Å². The van der Waals surface area contributed by atoms with E-state index >= 15 is 9.59 Å². The van der Waals surface area contributed by atoms with Gasteiger partial charge in [0, 0.05) is 21.0 Å². The molecule has 26 heteroatoms. The van der Waals surface area contributed by atoms with Gasteiger partial charge in [0.2, 0.25) is 23.6 Å². The van der Waals surface area contributed by atoms with Crippen molar-refractivity contribution in [2.24, 2.45) is 0 Å². The molecule has 1 aliphatic carbocycles. The molecule has 0 aliphatic heterocycles. The third kappa shape index (κ3) is 30.7. The highest BCUT2D eigenvalue weighted by Gasteiger charge is 2.38. The smallest absolute Gasteiger partial charge is 0.414 e. The van der Waals surface area contributed by atoms with E-state index in [2.05, 4.69) is 74.4 Å². The molecule has 0 aromatic heterocycles. The van der Waals surface area contributed by atoms with Crippen LogP contribution in [0.3, 0.4) is 0 Å². The van der Waals surface area contributed by atoms with Crippen molar-refractivity contribution in [1.29, 1.82) is 0 Å². The van der Waals surface area contributed by atoms with Crippen molar-refractivity contribution < 1.29 is 76.3 Å². The van der Waals surface area contributed by atoms with Gasteiger partial charge < -0.3 is 59.2 Å². The Bertz CT molecular complexity index is 3340. The second kappa shape index (κ2) is 42.3. The highest BCUT2D eigenvalue weighted by Crippen LogP contribution is 2.22. The molecule has 8 atom stereocenters. The summed E-state index contributed by atoms with van der Waals surface area (Å²) >= 11 is 6.86. The first kappa shape index (κ1) is 81.0. The Morgan fingerprint density at radius 3 is 0.814 bits per heavy atom. The fraction of sp³-hybridized carbons (Fsp3) is 0.421. The van der Waals surface area contributed by atoms with Crippen LogP contribution in [-0.4, -0.2) is 147 Å². The zero-order valence-corrected chi connectivity index (χ0v) is 61.6. The molecule has 1 fully saturated rings. The average Bonchev–Trinajstić information content (AvgIpc) is 0.840. The molecule has 0 saturated heterocycles. The van der Waals surface area contributed by atoms with Gasteiger partial charge in [0.05, 0.1) is 79.3 Å². The lowest BCUT2D eigenvalue weighted by atomic mass is 9.89. The molecule has 548 valence electrons. The summed E-state index contributed by atoms with van der Waals surface area (Å²) in [5.74, 6) is -4.94. The summed E-state index contributed by atoms with van der Waals surface area (Å²) in [7, 11) is 0. The molecule has 24 nitrogen and oxygen atoms in total. The predicted octanol–water partition coefficient (Wildman–Crippen LogP) is 9.08. The highest BCUT2D eigenvalue weighted by atomic mass is 79.9. The van der Waals surface area contributed by atoms with Crippen molar-refractivity contribution in [3.05, 3.63) is 212 Å². The lowest BCUT2D eigenvalue weighted by Crippen LogP contribution is -2.64. The van der Waals surface area contributed by atoms with Crippen molar-refractivity contribution in [1.82, 2.24) is 42.5 Å². The number of nitrogens with one attached hydrogen (secondary N) is 8. The summed E-state index contributed by atoms with van der Waals surface area (Å²) in [4.78, 5) is 114. The molecule has 6 aromatic carbocycles. The SMILES string of the molecule is CC(C)(C)OC(=O)NC(=O)[C@H](COCc1ccc(Br)cc1)NC(=O)[C@@H](COCc1ccccc1)NC(=O)[C@H](COCc1ccccc1)N[C@H]1CCCC[C@@H]1N[C@@H](COCc1ccccc1)C(=O)N[C@H](COCc1ccccc1)C(=O)N[C@@H](COCc1ccc(Br)cc1)C(=O)NC(=O)OC(C)(C)C. The van der Waals surface area contributed by atoms with Crippen LogP contribution in [0.25, 0.3) is 0 Å². The standard InChI is InChI=1S/C76H94Br2N8O16/c1-75(2,3)101-73(93)85-71(91)65(49-99-43-55-31-35-57(77)36-32-55)83-69(89)63(47-97-41-53-25-15-9-16-26-53)81-67(87)61(45-95-39-51-21-11-7-12-22-51)79-59-29-19-20-30-60(59)80-62(46-96-40-52-23-13-8-14-24-52)68(88)82-64(48-98-42-54-27-17-10-18-28-54)70(90)84-66(72(92)86-74(94)102-76(4,5)6)50-100-44-56-33-37-58(78)38-34-56/h7-18,21-28,31-38,59-66,79-80H,19-20,29-30,39-50H2,1-6H3,(H,81,87)(H,82,88)(H,83,89)(H,84,90)(H,85,91,93)(H,86,92,94)/t59-,60-,61-,62-,63+,64+,65-,66-/m0/s1. The number of imide groups is 2. The molecule has 1 aliphatic rings. The fourth-order valence-electron chi connectivity index (χ4n) is 10.5. The minimum Gasteiger partial charge on any atom is -0.444 e. The first-order valence-corrected chi connectivity index (χ1v) is 35.4. The quantitative estimate of drug-likeness (QED) is 0.0179. The topological polar surface area (TPSA) is 307 Å². The number of alkyl carbamates (subject to hydrolysis) is 2. The second-order valence-corrected chi connectivity index (χ2v) is 28.3. The number of amides is 8. The van der Waals surface area contributed by atoms with Crippen molar-refractivity contribution >= 4 is 79.5 Å². The summed E-state index contributed by atoms with van der Waals surface area (Å²) in [5.41, 5.74) is 2.79. The average molecular weight is 1540 g/mol. The highest BCUT2D eigenvalue weighted by molar-refractivity contribution is 9.10. The minimum absolute atomic E-state index is 0.0356. The minimum atomic E-state index is -1.48. The maximum absolute atomic E-state index is 15.2. The van der Waals surface area contributed by atoms with Crippen LogP contribution in [0.15, 0.2) is 179 Å². The molecule has 0 heterocycles. The van der Waals surface area contributed by atoms with E-state index < -0.39 is 120 Å². The molecule has 0 spiro atoms. The first-order valence-electron chi connectivity index (χ1n) is 33.8. The largest absolute Gasteiger partial charge is 0.444 e. The van der Waals surface area contributed by atoms with E-state index in [0.717, 1.165) is 42.3 Å². The van der Waals surface area contributed by atoms with E-state index in [1.807, 2.05) is 170 Å². The summed E-state index contributed by atoms with van der Waals surface area (Å²) in [6.45, 7) is 8.19. The molecule has 0 bridgehead atoms. The number of carbonyl (C=O) groups excluding carboxylic acids is 8. The predicted molar refractivity (Wildman–Crippen MR) is 388 cm³/mol. The van der Waals surface area contributed by atoms with Gasteiger partial charge in [-0.2, -0.15) is 0 Å². The number of hydrogen-bond donors (Lipinski definition) is 8. The normalized spacial score (nSPS) is 15.6. The Morgan fingerprint density at radius 1 is 0.333 bits per heavy atom. The van der Waals surface area contributed by atoms with Crippen LogP contribution >= 0.6 is 31.9 Å². The summed E-state index contributed by atoms with van der Waals surface area (Å²) in [5, 5.41) is 22.6. The Hall–Kier alpha value is -8.28. The van der Waals surface area contributed by atoms with E-state index in [1.54, 1.807) is 41.5 Å². The van der Waals surface area contributed by atoms with E-state index in [4.69, 9.17) is 37.9 Å². The number of hydrogen-bond acceptors (Lipinski definition) is 18. The molecule has 6 aromatic rings. The molecule has 8 amide bonds. The van der Waals surface area contributed by atoms with Gasteiger partial charge in [0.1, 0.15) is 47.5 Å². The van der Waals surface area contributed by atoms with Gasteiger partial charge in [0.15, 0.2) is 0 Å². The van der Waals surface area contributed by atoms with Crippen molar-refractivity contribution in [2.45, 2.75) is 166 Å². The van der Waals surface area contributed by atoms with Crippen LogP contribution in [0.1, 0.15) is 101 Å². The molecular weight excluding hydrogens is 1440 g/mol. The third-order valence-corrected chi connectivity index (χ3v) is 16.6. The zero-order valence-electron chi connectivity index (χ0n) is 58.4. The van der Waals surface area contributed by atoms with Crippen LogP contribution in [-0.2, 0) is 106 Å². The van der Waals surface area contributed by atoms with Gasteiger partial charge in [0.25, 0.3) is 11.8 Å². The van der Waals surface area contributed by atoms with E-state index in [0.29, 0.717) is 25.7 Å². The Labute approximate surface area is 613 Å². The van der Waals surface area contributed by atoms with E-state index in [1.165, 1.54) is 0 Å². The third-order valence-electron chi connectivity index (χ3n) is 15.5. The lowest BCUT2D eigenvalue weighted by Gasteiger charge is -2.37. The molecular formula is C76H94Br2N8O16. The van der Waals surface area contributed by atoms with Crippen molar-refractivity contribution in [3.63, 3.8) is 0 Å². The van der Waals surface area contributed by atoms with E-state index in [9.17, 15) is 28.8 Å². The van der Waals surface area contributed by atoms with Gasteiger partial charge in [-0.3, -0.25) is 50.0 Å². The fourth-order valence-corrected chi connectivity index (χ4v) is 11.0. The number of carbonyl (C=O) groups is 8. The van der Waals surface area contributed by atoms with Crippen LogP contribution in [0, 0.1) is 0 Å². The molecule has 1 saturated carbocycles. The number of benzene rings is 6. The van der Waals surface area contributed by atoms with E-state index in [-0.39, 0.29) is 66.1 Å². The maximum atomic E-state index is 15.2. The second-order valence-electron chi connectivity index (χ2n) is 26.4. The van der Waals surface area contributed by atoms with Gasteiger partial charge >= 0.3 is 12.2 Å². The van der Waals surface area contributed by atoms with Crippen molar-refractivity contribution in [3.8, 4) is 0 Å². The Balaban J connectivity index is 1.16. The molecule has 8 N–H and O–H groups in total. The van der Waals surface area contributed by atoms with Crippen LogP contribution in [0.2, 0.25) is 0 Å². The lowest BCUT2D eigenvalue weighted by molar-refractivity contribution is -0.136. The summed E-state index contributed by atoms with van der Waals surface area (Å²) in [6, 6.07) is 42.3. The molecule has 7 rings (SSSR count). The Kier molecular flexibility index (Phi) is 33.6. The molecule has 102 heavy (non-hydrogen) atoms. The number of ether oxygens (including phenoxy) is 8. The van der Waals surface area contributed by atoms with Gasteiger partial charge in [-0.1, -0.05) is 190 Å².